The van der Waals surface area contributed by atoms with Crippen molar-refractivity contribution in [3.8, 4) is 0 Å². The molecule has 1 saturated heterocycles. The second kappa shape index (κ2) is 6.72. The number of rotatable bonds is 6. The number of nitrogens with one attached hydrogen (secondary N) is 1. The maximum Gasteiger partial charge on any atom is 0.0765 e. The standard InChI is InChI=1S/C16H28N4/c1-2-17-12-16-8-5-10-19(16)13-14-9-11-20(18-14)15-6-3-4-7-15/h9,11,15-17H,2-8,10,12-13H2,1H3. The molecule has 0 amide bonds. The zero-order chi connectivity index (χ0) is 13.8. The molecule has 1 aliphatic heterocycles. The molecule has 4 nitrogen and oxygen atoms in total. The summed E-state index contributed by atoms with van der Waals surface area (Å²) in [7, 11) is 0. The van der Waals surface area contributed by atoms with Crippen molar-refractivity contribution in [3.05, 3.63) is 18.0 Å². The number of aromatic nitrogens is 2. The summed E-state index contributed by atoms with van der Waals surface area (Å²) in [6, 6.07) is 3.59. The number of likely N-dealkylation sites (tertiary alicyclic amines) is 1. The number of likely N-dealkylation sites (N-methyl/N-ethyl adjacent to an activating group) is 1. The van der Waals surface area contributed by atoms with Gasteiger partial charge >= 0.3 is 0 Å². The van der Waals surface area contributed by atoms with Crippen LogP contribution in [0.2, 0.25) is 0 Å². The fourth-order valence-corrected chi connectivity index (χ4v) is 3.69. The molecule has 0 aromatic carbocycles. The normalized spacial score (nSPS) is 24.8. The molecule has 1 aromatic heterocycles. The van der Waals surface area contributed by atoms with Crippen molar-refractivity contribution in [2.75, 3.05) is 19.6 Å². The summed E-state index contributed by atoms with van der Waals surface area (Å²) in [5.41, 5.74) is 1.25. The van der Waals surface area contributed by atoms with Crippen molar-refractivity contribution >= 4 is 0 Å². The van der Waals surface area contributed by atoms with E-state index in [1.54, 1.807) is 0 Å². The Morgan fingerprint density at radius 3 is 2.90 bits per heavy atom. The van der Waals surface area contributed by atoms with E-state index in [0.717, 1.165) is 19.6 Å². The molecule has 112 valence electrons. The first-order chi connectivity index (χ1) is 9.86. The van der Waals surface area contributed by atoms with Crippen molar-refractivity contribution in [2.45, 2.75) is 64.1 Å². The van der Waals surface area contributed by atoms with Gasteiger partial charge in [0.25, 0.3) is 0 Å². The maximum atomic E-state index is 4.83. The number of hydrogen-bond acceptors (Lipinski definition) is 3. The van der Waals surface area contributed by atoms with E-state index in [-0.39, 0.29) is 0 Å². The van der Waals surface area contributed by atoms with Crippen molar-refractivity contribution < 1.29 is 0 Å². The van der Waals surface area contributed by atoms with Crippen LogP contribution in [-0.4, -0.2) is 40.4 Å². The van der Waals surface area contributed by atoms with Crippen LogP contribution in [0, 0.1) is 0 Å². The highest BCUT2D eigenvalue weighted by Crippen LogP contribution is 2.29. The van der Waals surface area contributed by atoms with Crippen LogP contribution in [0.5, 0.6) is 0 Å². The van der Waals surface area contributed by atoms with E-state index in [1.165, 1.54) is 50.8 Å². The van der Waals surface area contributed by atoms with Gasteiger partial charge in [-0.2, -0.15) is 5.10 Å². The van der Waals surface area contributed by atoms with E-state index >= 15 is 0 Å². The maximum absolute atomic E-state index is 4.83. The van der Waals surface area contributed by atoms with Gasteiger partial charge in [-0.05, 0) is 44.8 Å². The molecule has 0 radical (unpaired) electrons. The van der Waals surface area contributed by atoms with Gasteiger partial charge in [0.15, 0.2) is 0 Å². The highest BCUT2D eigenvalue weighted by molar-refractivity contribution is 5.01. The van der Waals surface area contributed by atoms with Crippen LogP contribution in [0.3, 0.4) is 0 Å². The minimum absolute atomic E-state index is 0.667. The number of hydrogen-bond donors (Lipinski definition) is 1. The highest BCUT2D eigenvalue weighted by atomic mass is 15.3. The van der Waals surface area contributed by atoms with Crippen molar-refractivity contribution in [1.29, 1.82) is 0 Å². The molecular weight excluding hydrogens is 248 g/mol. The molecule has 0 spiro atoms. The summed E-state index contributed by atoms with van der Waals surface area (Å²) < 4.78 is 2.22. The lowest BCUT2D eigenvalue weighted by atomic mass is 10.2. The van der Waals surface area contributed by atoms with Crippen LogP contribution in [0.4, 0.5) is 0 Å². The second-order valence-electron chi connectivity index (χ2n) is 6.30. The first-order valence-electron chi connectivity index (χ1n) is 8.35. The molecule has 1 N–H and O–H groups in total. The van der Waals surface area contributed by atoms with E-state index in [4.69, 9.17) is 5.10 Å². The van der Waals surface area contributed by atoms with E-state index < -0.39 is 0 Å². The zero-order valence-corrected chi connectivity index (χ0v) is 12.7. The average molecular weight is 276 g/mol. The molecule has 20 heavy (non-hydrogen) atoms. The first-order valence-corrected chi connectivity index (χ1v) is 8.35. The molecule has 1 atom stereocenters. The minimum atomic E-state index is 0.667. The van der Waals surface area contributed by atoms with Crippen LogP contribution in [0.1, 0.15) is 57.2 Å². The minimum Gasteiger partial charge on any atom is -0.315 e. The summed E-state index contributed by atoms with van der Waals surface area (Å²) in [6.07, 6.45) is 10.2. The molecule has 2 aliphatic rings. The third-order valence-corrected chi connectivity index (χ3v) is 4.86. The van der Waals surface area contributed by atoms with E-state index in [9.17, 15) is 0 Å². The molecule has 1 unspecified atom stereocenters. The highest BCUT2D eigenvalue weighted by Gasteiger charge is 2.25. The van der Waals surface area contributed by atoms with Gasteiger partial charge in [0.05, 0.1) is 11.7 Å². The van der Waals surface area contributed by atoms with Crippen molar-refractivity contribution in [2.24, 2.45) is 0 Å². The van der Waals surface area contributed by atoms with Crippen LogP contribution in [0.15, 0.2) is 12.3 Å². The fraction of sp³-hybridized carbons (Fsp3) is 0.812. The summed E-state index contributed by atoms with van der Waals surface area (Å²) in [5.74, 6) is 0. The monoisotopic (exact) mass is 276 g/mol. The molecule has 1 aliphatic carbocycles. The van der Waals surface area contributed by atoms with Gasteiger partial charge < -0.3 is 5.32 Å². The lowest BCUT2D eigenvalue weighted by molar-refractivity contribution is 0.236. The van der Waals surface area contributed by atoms with Gasteiger partial charge in [0.1, 0.15) is 0 Å². The second-order valence-corrected chi connectivity index (χ2v) is 6.30. The van der Waals surface area contributed by atoms with Crippen LogP contribution < -0.4 is 5.32 Å². The average Bonchev–Trinajstić information content (AvgIpc) is 3.18. The van der Waals surface area contributed by atoms with E-state index in [0.29, 0.717) is 12.1 Å². The molecule has 2 heterocycles. The van der Waals surface area contributed by atoms with Gasteiger partial charge in [-0.3, -0.25) is 9.58 Å². The summed E-state index contributed by atoms with van der Waals surface area (Å²) in [5, 5.41) is 8.31. The molecule has 4 heteroatoms. The SMILES string of the molecule is CCNCC1CCCN1Cc1ccn(C2CCCC2)n1. The number of nitrogens with zero attached hydrogens (tertiary/aromatic N) is 3. The molecule has 3 rings (SSSR count). The fourth-order valence-electron chi connectivity index (χ4n) is 3.69. The molecule has 2 fully saturated rings. The van der Waals surface area contributed by atoms with Crippen molar-refractivity contribution in [3.63, 3.8) is 0 Å². The Hall–Kier alpha value is -0.870. The smallest absolute Gasteiger partial charge is 0.0765 e. The Kier molecular flexibility index (Phi) is 4.73. The van der Waals surface area contributed by atoms with Crippen LogP contribution in [-0.2, 0) is 6.54 Å². The summed E-state index contributed by atoms with van der Waals surface area (Å²) in [6.45, 7) is 6.63. The lowest BCUT2D eigenvalue weighted by Crippen LogP contribution is -2.37. The van der Waals surface area contributed by atoms with E-state index in [2.05, 4.69) is 34.1 Å². The summed E-state index contributed by atoms with van der Waals surface area (Å²) in [4.78, 5) is 2.60. The topological polar surface area (TPSA) is 33.1 Å². The van der Waals surface area contributed by atoms with Gasteiger partial charge in [0, 0.05) is 25.3 Å². The van der Waals surface area contributed by atoms with Gasteiger partial charge in [-0.15, -0.1) is 0 Å². The van der Waals surface area contributed by atoms with Gasteiger partial charge in [0.2, 0.25) is 0 Å². The Morgan fingerprint density at radius 2 is 2.10 bits per heavy atom. The third kappa shape index (κ3) is 3.23. The predicted molar refractivity (Wildman–Crippen MR) is 81.7 cm³/mol. The van der Waals surface area contributed by atoms with Gasteiger partial charge in [-0.1, -0.05) is 19.8 Å². The summed E-state index contributed by atoms with van der Waals surface area (Å²) >= 11 is 0. The molecular formula is C16H28N4. The molecule has 0 bridgehead atoms. The zero-order valence-electron chi connectivity index (χ0n) is 12.7. The van der Waals surface area contributed by atoms with Crippen LogP contribution >= 0.6 is 0 Å². The first kappa shape index (κ1) is 14.1. The van der Waals surface area contributed by atoms with E-state index in [1.807, 2.05) is 0 Å². The third-order valence-electron chi connectivity index (χ3n) is 4.86. The Morgan fingerprint density at radius 1 is 1.25 bits per heavy atom. The lowest BCUT2D eigenvalue weighted by Gasteiger charge is -2.23. The molecule has 1 aromatic rings. The quantitative estimate of drug-likeness (QED) is 0.867. The van der Waals surface area contributed by atoms with Crippen molar-refractivity contribution in [1.82, 2.24) is 20.0 Å². The largest absolute Gasteiger partial charge is 0.315 e. The Bertz CT molecular complexity index is 408. The van der Waals surface area contributed by atoms with Crippen LogP contribution in [0.25, 0.3) is 0 Å². The predicted octanol–water partition coefficient (Wildman–Crippen LogP) is 2.57. The Balaban J connectivity index is 1.56. The molecule has 1 saturated carbocycles. The Labute approximate surface area is 122 Å². The van der Waals surface area contributed by atoms with Gasteiger partial charge in [-0.25, -0.2) is 0 Å².